The van der Waals surface area contributed by atoms with Crippen LogP contribution in [0.5, 0.6) is 0 Å². The van der Waals surface area contributed by atoms with Gasteiger partial charge >= 0.3 is 5.69 Å². The van der Waals surface area contributed by atoms with Crippen LogP contribution in [0, 0.1) is 0 Å². The number of H-pyrrole nitrogens is 2. The number of carbonyl (C=O) groups is 1. The molecule has 2 heterocycles. The van der Waals surface area contributed by atoms with Gasteiger partial charge in [0.1, 0.15) is 5.82 Å². The summed E-state index contributed by atoms with van der Waals surface area (Å²) in [5.74, 6) is 0.296. The van der Waals surface area contributed by atoms with E-state index in [0.717, 1.165) is 0 Å². The predicted octanol–water partition coefficient (Wildman–Crippen LogP) is 3.27. The van der Waals surface area contributed by atoms with E-state index in [-0.39, 0.29) is 18.1 Å². The third-order valence-corrected chi connectivity index (χ3v) is 5.81. The summed E-state index contributed by atoms with van der Waals surface area (Å²) in [6, 6.07) is 15.1. The molecular weight excluding hydrogens is 487 g/mol. The zero-order valence-corrected chi connectivity index (χ0v) is 19.2. The molecule has 1 amide bonds. The molecule has 0 fully saturated rings. The normalized spacial score (nSPS) is 10.8. The lowest BCUT2D eigenvalue weighted by Crippen LogP contribution is -2.23. The molecule has 168 valence electrons. The van der Waals surface area contributed by atoms with E-state index >= 15 is 0 Å². The molecule has 0 bridgehead atoms. The average Bonchev–Trinajstić information content (AvgIpc) is 3.14. The summed E-state index contributed by atoms with van der Waals surface area (Å²) in [7, 11) is 0. The van der Waals surface area contributed by atoms with Crippen molar-refractivity contribution in [1.82, 2.24) is 24.7 Å². The highest BCUT2D eigenvalue weighted by Gasteiger charge is 2.17. The van der Waals surface area contributed by atoms with Crippen LogP contribution in [0.2, 0.25) is 10.0 Å². The van der Waals surface area contributed by atoms with Crippen LogP contribution in [0.3, 0.4) is 0 Å². The first-order valence-electron chi connectivity index (χ1n) is 9.58. The van der Waals surface area contributed by atoms with Crippen molar-refractivity contribution in [1.29, 1.82) is 0 Å². The van der Waals surface area contributed by atoms with Gasteiger partial charge in [0.05, 0.1) is 5.75 Å². The number of nitrogens with zero attached hydrogens (tertiary/aromatic N) is 3. The van der Waals surface area contributed by atoms with Gasteiger partial charge < -0.3 is 10.3 Å². The lowest BCUT2D eigenvalue weighted by molar-refractivity contribution is -0.113. The Morgan fingerprint density at radius 3 is 2.52 bits per heavy atom. The maximum atomic E-state index is 12.4. The van der Waals surface area contributed by atoms with Crippen LogP contribution in [0.1, 0.15) is 11.5 Å². The maximum Gasteiger partial charge on any atom is 0.325 e. The van der Waals surface area contributed by atoms with Gasteiger partial charge in [-0.05, 0) is 42.5 Å². The fraction of sp³-hybridized carbons (Fsp3) is 0.0952. The molecular formula is C21H16Cl2N6O3S. The van der Waals surface area contributed by atoms with Crippen molar-refractivity contribution in [2.45, 2.75) is 11.6 Å². The van der Waals surface area contributed by atoms with Gasteiger partial charge in [-0.25, -0.2) is 4.79 Å². The molecule has 12 heteroatoms. The summed E-state index contributed by atoms with van der Waals surface area (Å²) >= 11 is 13.2. The summed E-state index contributed by atoms with van der Waals surface area (Å²) in [4.78, 5) is 40.4. The first kappa shape index (κ1) is 22.8. The SMILES string of the molecule is O=C(CSc1nnc(Cc2cc(=O)[nH]c(=O)[nH]2)n1-c1ccc(Cl)cc1)Nc1cccc(Cl)c1. The molecule has 2 aromatic heterocycles. The molecule has 0 atom stereocenters. The van der Waals surface area contributed by atoms with Crippen LogP contribution in [-0.2, 0) is 11.2 Å². The highest BCUT2D eigenvalue weighted by atomic mass is 35.5. The van der Waals surface area contributed by atoms with Crippen molar-refractivity contribution < 1.29 is 4.79 Å². The second-order valence-corrected chi connectivity index (χ2v) is 8.66. The molecule has 0 saturated carbocycles. The van der Waals surface area contributed by atoms with Crippen molar-refractivity contribution in [3.8, 4) is 5.69 Å². The van der Waals surface area contributed by atoms with Crippen molar-refractivity contribution in [3.63, 3.8) is 0 Å². The lowest BCUT2D eigenvalue weighted by atomic mass is 10.2. The molecule has 0 saturated heterocycles. The van der Waals surface area contributed by atoms with E-state index in [1.165, 1.54) is 17.8 Å². The van der Waals surface area contributed by atoms with Crippen LogP contribution in [0.4, 0.5) is 5.69 Å². The molecule has 9 nitrogen and oxygen atoms in total. The van der Waals surface area contributed by atoms with Crippen LogP contribution in [0.25, 0.3) is 5.69 Å². The maximum absolute atomic E-state index is 12.4. The Balaban J connectivity index is 1.59. The van der Waals surface area contributed by atoms with Gasteiger partial charge in [-0.1, -0.05) is 41.0 Å². The van der Waals surface area contributed by atoms with Crippen LogP contribution >= 0.6 is 35.0 Å². The summed E-state index contributed by atoms with van der Waals surface area (Å²) in [5, 5.41) is 12.7. The highest BCUT2D eigenvalue weighted by molar-refractivity contribution is 7.99. The van der Waals surface area contributed by atoms with Gasteiger partial charge in [0.25, 0.3) is 5.56 Å². The summed E-state index contributed by atoms with van der Waals surface area (Å²) in [6.07, 6.45) is 0.143. The van der Waals surface area contributed by atoms with Gasteiger partial charge in [0, 0.05) is 39.6 Å². The number of anilines is 1. The fourth-order valence-electron chi connectivity index (χ4n) is 3.04. The van der Waals surface area contributed by atoms with E-state index in [1.807, 2.05) is 0 Å². The number of rotatable bonds is 7. The molecule has 0 radical (unpaired) electrons. The zero-order valence-electron chi connectivity index (χ0n) is 16.8. The fourth-order valence-corrected chi connectivity index (χ4v) is 4.12. The minimum absolute atomic E-state index is 0.0695. The van der Waals surface area contributed by atoms with E-state index in [9.17, 15) is 14.4 Å². The Morgan fingerprint density at radius 1 is 1.00 bits per heavy atom. The summed E-state index contributed by atoms with van der Waals surface area (Å²) < 4.78 is 1.74. The quantitative estimate of drug-likeness (QED) is 0.333. The molecule has 2 aromatic carbocycles. The second-order valence-electron chi connectivity index (χ2n) is 6.85. The topological polar surface area (TPSA) is 126 Å². The minimum Gasteiger partial charge on any atom is -0.325 e. The van der Waals surface area contributed by atoms with E-state index in [4.69, 9.17) is 23.2 Å². The number of amides is 1. The van der Waals surface area contributed by atoms with Crippen LogP contribution in [-0.4, -0.2) is 36.4 Å². The van der Waals surface area contributed by atoms with Crippen molar-refractivity contribution in [3.05, 3.63) is 97.0 Å². The number of hydrogen-bond donors (Lipinski definition) is 3. The Labute approximate surface area is 201 Å². The Bertz CT molecular complexity index is 1390. The van der Waals surface area contributed by atoms with Gasteiger partial charge in [0.15, 0.2) is 5.16 Å². The number of halogens is 2. The number of carbonyl (C=O) groups excluding carboxylic acids is 1. The number of thioether (sulfide) groups is 1. The molecule has 3 N–H and O–H groups in total. The zero-order chi connectivity index (χ0) is 23.4. The molecule has 33 heavy (non-hydrogen) atoms. The Morgan fingerprint density at radius 2 is 1.79 bits per heavy atom. The smallest absolute Gasteiger partial charge is 0.325 e. The monoisotopic (exact) mass is 502 g/mol. The number of aromatic amines is 2. The van der Waals surface area contributed by atoms with E-state index < -0.39 is 11.2 Å². The third kappa shape index (κ3) is 5.92. The number of nitrogens with one attached hydrogen (secondary N) is 3. The molecule has 4 aromatic rings. The summed E-state index contributed by atoms with van der Waals surface area (Å²) in [6.45, 7) is 0. The number of aromatic nitrogens is 5. The molecule has 4 rings (SSSR count). The molecule has 0 aliphatic carbocycles. The third-order valence-electron chi connectivity index (χ3n) is 4.39. The van der Waals surface area contributed by atoms with Gasteiger partial charge in [0.2, 0.25) is 5.91 Å². The minimum atomic E-state index is -0.609. The second kappa shape index (κ2) is 10.1. The first-order valence-corrected chi connectivity index (χ1v) is 11.3. The highest BCUT2D eigenvalue weighted by Crippen LogP contribution is 2.24. The predicted molar refractivity (Wildman–Crippen MR) is 128 cm³/mol. The van der Waals surface area contributed by atoms with E-state index in [0.29, 0.717) is 38.1 Å². The number of benzene rings is 2. The lowest BCUT2D eigenvalue weighted by Gasteiger charge is -2.11. The van der Waals surface area contributed by atoms with Crippen LogP contribution in [0.15, 0.2) is 69.3 Å². The van der Waals surface area contributed by atoms with E-state index in [1.54, 1.807) is 53.1 Å². The molecule has 0 aliphatic heterocycles. The van der Waals surface area contributed by atoms with Crippen molar-refractivity contribution >= 4 is 46.6 Å². The average molecular weight is 503 g/mol. The van der Waals surface area contributed by atoms with Crippen LogP contribution < -0.4 is 16.6 Å². The van der Waals surface area contributed by atoms with Crippen molar-refractivity contribution in [2.75, 3.05) is 11.1 Å². The molecule has 0 unspecified atom stereocenters. The van der Waals surface area contributed by atoms with Gasteiger partial charge in [-0.3, -0.25) is 19.1 Å². The van der Waals surface area contributed by atoms with E-state index in [2.05, 4.69) is 25.5 Å². The van der Waals surface area contributed by atoms with Crippen molar-refractivity contribution in [2.24, 2.45) is 0 Å². The Kier molecular flexibility index (Phi) is 6.97. The van der Waals surface area contributed by atoms with Gasteiger partial charge in [-0.15, -0.1) is 10.2 Å². The number of hydrogen-bond acceptors (Lipinski definition) is 6. The Hall–Kier alpha value is -3.34. The largest absolute Gasteiger partial charge is 0.325 e. The molecule has 0 spiro atoms. The molecule has 0 aliphatic rings. The standard InChI is InChI=1S/C21H16Cl2N6O3S/c22-12-4-6-16(7-5-12)29-17(9-15-10-18(30)26-20(32)25-15)27-28-21(29)33-11-19(31)24-14-3-1-2-13(23)8-14/h1-8,10H,9,11H2,(H,24,31)(H2,25,26,30,32). The van der Waals surface area contributed by atoms with Gasteiger partial charge in [-0.2, -0.15) is 0 Å². The summed E-state index contributed by atoms with van der Waals surface area (Å²) in [5.41, 5.74) is 0.554. The first-order chi connectivity index (χ1) is 15.9.